The van der Waals surface area contributed by atoms with Gasteiger partial charge in [0.15, 0.2) is 0 Å². The molecule has 1 unspecified atom stereocenters. The van der Waals surface area contributed by atoms with E-state index in [4.69, 9.17) is 11.6 Å². The summed E-state index contributed by atoms with van der Waals surface area (Å²) in [6.45, 7) is 3.73. The largest absolute Gasteiger partial charge is 0.346 e. The van der Waals surface area contributed by atoms with E-state index in [0.717, 1.165) is 30.6 Å². The molecule has 0 saturated carbocycles. The highest BCUT2D eigenvalue weighted by Gasteiger charge is 2.26. The summed E-state index contributed by atoms with van der Waals surface area (Å²) in [7, 11) is 0. The Balaban J connectivity index is 1.45. The molecule has 0 bridgehead atoms. The van der Waals surface area contributed by atoms with Crippen LogP contribution in [0.25, 0.3) is 0 Å². The van der Waals surface area contributed by atoms with E-state index in [1.165, 1.54) is 11.1 Å². The fourth-order valence-corrected chi connectivity index (χ4v) is 4.18. The molecule has 1 aliphatic rings. The van der Waals surface area contributed by atoms with Gasteiger partial charge in [-0.3, -0.25) is 19.5 Å². The van der Waals surface area contributed by atoms with Crippen LogP contribution in [0.5, 0.6) is 0 Å². The van der Waals surface area contributed by atoms with Gasteiger partial charge in [0.25, 0.3) is 0 Å². The van der Waals surface area contributed by atoms with Crippen molar-refractivity contribution in [2.75, 3.05) is 18.4 Å². The third kappa shape index (κ3) is 4.98. The summed E-state index contributed by atoms with van der Waals surface area (Å²) in [5.41, 5.74) is 4.88. The number of hydrogen-bond donors (Lipinski definition) is 2. The van der Waals surface area contributed by atoms with Crippen molar-refractivity contribution in [2.45, 2.75) is 25.9 Å². The predicted molar refractivity (Wildman–Crippen MR) is 125 cm³/mol. The average Bonchev–Trinajstić information content (AvgIpc) is 2.82. The number of amides is 2. The topological polar surface area (TPSA) is 74.3 Å². The molecule has 7 heteroatoms. The highest BCUT2D eigenvalue weighted by atomic mass is 35.5. The van der Waals surface area contributed by atoms with Crippen LogP contribution in [0.15, 0.2) is 67.0 Å². The Kier molecular flexibility index (Phi) is 6.83. The van der Waals surface area contributed by atoms with Crippen molar-refractivity contribution in [1.82, 2.24) is 15.2 Å². The highest BCUT2D eigenvalue weighted by molar-refractivity contribution is 6.40. The minimum atomic E-state index is -0.718. The molecular formula is C25H25ClN4O2. The van der Waals surface area contributed by atoms with Gasteiger partial charge in [0.1, 0.15) is 0 Å². The van der Waals surface area contributed by atoms with Crippen molar-refractivity contribution < 1.29 is 9.59 Å². The van der Waals surface area contributed by atoms with Gasteiger partial charge in [0.05, 0.1) is 6.04 Å². The molecule has 164 valence electrons. The summed E-state index contributed by atoms with van der Waals surface area (Å²) in [4.78, 5) is 31.6. The number of hydrogen-bond acceptors (Lipinski definition) is 4. The van der Waals surface area contributed by atoms with Crippen molar-refractivity contribution in [3.8, 4) is 0 Å². The van der Waals surface area contributed by atoms with E-state index in [0.29, 0.717) is 17.3 Å². The Morgan fingerprint density at radius 3 is 2.66 bits per heavy atom. The molecule has 0 aliphatic carbocycles. The van der Waals surface area contributed by atoms with Crippen LogP contribution in [0.4, 0.5) is 5.69 Å². The maximum Gasteiger partial charge on any atom is 0.313 e. The van der Waals surface area contributed by atoms with Crippen LogP contribution in [0.1, 0.15) is 28.3 Å². The first-order valence-corrected chi connectivity index (χ1v) is 11.0. The molecule has 0 radical (unpaired) electrons. The first-order valence-electron chi connectivity index (χ1n) is 10.6. The van der Waals surface area contributed by atoms with E-state index in [-0.39, 0.29) is 6.04 Å². The van der Waals surface area contributed by atoms with E-state index in [9.17, 15) is 9.59 Å². The summed E-state index contributed by atoms with van der Waals surface area (Å²) >= 11 is 6.11. The molecule has 4 rings (SSSR count). The second-order valence-corrected chi connectivity index (χ2v) is 8.28. The summed E-state index contributed by atoms with van der Waals surface area (Å²) in [6, 6.07) is 17.4. The number of carbonyl (C=O) groups excluding carboxylic acids is 2. The van der Waals surface area contributed by atoms with Crippen LogP contribution in [0, 0.1) is 6.92 Å². The Labute approximate surface area is 192 Å². The van der Waals surface area contributed by atoms with Crippen molar-refractivity contribution in [2.24, 2.45) is 0 Å². The minimum absolute atomic E-state index is 0.0956. The second-order valence-electron chi connectivity index (χ2n) is 7.87. The van der Waals surface area contributed by atoms with Gasteiger partial charge in [-0.2, -0.15) is 0 Å². The molecular weight excluding hydrogens is 424 g/mol. The van der Waals surface area contributed by atoms with Crippen LogP contribution in [-0.2, 0) is 22.6 Å². The number of benzene rings is 2. The van der Waals surface area contributed by atoms with Crippen molar-refractivity contribution in [3.63, 3.8) is 0 Å². The Morgan fingerprint density at radius 1 is 1.06 bits per heavy atom. The first-order chi connectivity index (χ1) is 15.5. The molecule has 1 atom stereocenters. The molecule has 6 nitrogen and oxygen atoms in total. The number of nitrogens with zero attached hydrogens (tertiary/aromatic N) is 2. The summed E-state index contributed by atoms with van der Waals surface area (Å²) in [6.07, 6.45) is 4.48. The van der Waals surface area contributed by atoms with E-state index in [1.54, 1.807) is 31.3 Å². The lowest BCUT2D eigenvalue weighted by Gasteiger charge is -2.35. The zero-order valence-electron chi connectivity index (χ0n) is 17.8. The van der Waals surface area contributed by atoms with Gasteiger partial charge in [-0.15, -0.1) is 0 Å². The van der Waals surface area contributed by atoms with Gasteiger partial charge in [0.2, 0.25) is 0 Å². The van der Waals surface area contributed by atoms with Gasteiger partial charge < -0.3 is 10.6 Å². The summed E-state index contributed by atoms with van der Waals surface area (Å²) in [5.74, 6) is -1.40. The van der Waals surface area contributed by atoms with Gasteiger partial charge >= 0.3 is 11.8 Å². The molecule has 3 aromatic rings. The van der Waals surface area contributed by atoms with E-state index < -0.39 is 11.8 Å². The van der Waals surface area contributed by atoms with Crippen LogP contribution >= 0.6 is 11.6 Å². The maximum atomic E-state index is 12.6. The number of fused-ring (bicyclic) bond motifs is 1. The van der Waals surface area contributed by atoms with Crippen LogP contribution in [0.2, 0.25) is 5.02 Å². The first kappa shape index (κ1) is 22.0. The van der Waals surface area contributed by atoms with Crippen molar-refractivity contribution in [1.29, 1.82) is 0 Å². The molecule has 1 aliphatic heterocycles. The van der Waals surface area contributed by atoms with Crippen LogP contribution in [-0.4, -0.2) is 34.8 Å². The molecule has 32 heavy (non-hydrogen) atoms. The zero-order chi connectivity index (χ0) is 22.5. The monoisotopic (exact) mass is 448 g/mol. The fourth-order valence-electron chi connectivity index (χ4n) is 4.01. The number of anilines is 1. The highest BCUT2D eigenvalue weighted by Crippen LogP contribution is 2.27. The molecule has 2 aromatic carbocycles. The van der Waals surface area contributed by atoms with Crippen molar-refractivity contribution in [3.05, 3.63) is 94.3 Å². The number of aromatic nitrogens is 1. The second kappa shape index (κ2) is 9.94. The number of rotatable bonds is 5. The SMILES string of the molecule is Cc1c(Cl)cccc1NC(=O)C(=O)NCC(c1cccnc1)N1CCc2ccccc2C1. The normalized spacial score (nSPS) is 14.3. The number of halogens is 1. The molecule has 2 N–H and O–H groups in total. The minimum Gasteiger partial charge on any atom is -0.346 e. The van der Waals surface area contributed by atoms with Crippen LogP contribution < -0.4 is 10.6 Å². The van der Waals surface area contributed by atoms with Crippen LogP contribution in [0.3, 0.4) is 0 Å². The Morgan fingerprint density at radius 2 is 1.88 bits per heavy atom. The molecule has 2 amide bonds. The predicted octanol–water partition coefficient (Wildman–Crippen LogP) is 3.90. The maximum absolute atomic E-state index is 12.6. The lowest BCUT2D eigenvalue weighted by molar-refractivity contribution is -0.136. The van der Waals surface area contributed by atoms with Gasteiger partial charge in [-0.1, -0.05) is 48.0 Å². The smallest absolute Gasteiger partial charge is 0.313 e. The number of pyridine rings is 1. The summed E-state index contributed by atoms with van der Waals surface area (Å²) in [5, 5.41) is 5.98. The van der Waals surface area contributed by atoms with E-state index >= 15 is 0 Å². The molecule has 0 saturated heterocycles. The molecule has 0 spiro atoms. The number of nitrogens with one attached hydrogen (secondary N) is 2. The molecule has 2 heterocycles. The van der Waals surface area contributed by atoms with E-state index in [2.05, 4.69) is 38.7 Å². The quantitative estimate of drug-likeness (QED) is 0.580. The standard InChI is InChI=1S/C25H25ClN4O2/c1-17-21(26)9-4-10-22(17)29-25(32)24(31)28-15-23(19-8-5-12-27-14-19)30-13-11-18-6-2-3-7-20(18)16-30/h2-10,12,14,23H,11,13,15-16H2,1H3,(H,28,31)(H,29,32). The summed E-state index contributed by atoms with van der Waals surface area (Å²) < 4.78 is 0. The lowest BCUT2D eigenvalue weighted by atomic mass is 9.97. The Bertz CT molecular complexity index is 1120. The van der Waals surface area contributed by atoms with Gasteiger partial charge in [0, 0.05) is 42.7 Å². The number of carbonyl (C=O) groups is 2. The lowest BCUT2D eigenvalue weighted by Crippen LogP contribution is -2.43. The van der Waals surface area contributed by atoms with Gasteiger partial charge in [-0.25, -0.2) is 0 Å². The third-order valence-corrected chi connectivity index (χ3v) is 6.26. The third-order valence-electron chi connectivity index (χ3n) is 5.85. The van der Waals surface area contributed by atoms with Gasteiger partial charge in [-0.05, 0) is 53.8 Å². The van der Waals surface area contributed by atoms with E-state index in [1.807, 2.05) is 24.4 Å². The molecule has 0 fully saturated rings. The average molecular weight is 449 g/mol. The Hall–Kier alpha value is -3.22. The zero-order valence-corrected chi connectivity index (χ0v) is 18.6. The molecule has 1 aromatic heterocycles. The fraction of sp³-hybridized carbons (Fsp3) is 0.240. The van der Waals surface area contributed by atoms with Crippen molar-refractivity contribution >= 4 is 29.1 Å².